The number of aryl methyl sites for hydroxylation is 1. The van der Waals surface area contributed by atoms with Crippen molar-refractivity contribution in [3.63, 3.8) is 0 Å². The third-order valence-electron chi connectivity index (χ3n) is 2.70. The van der Waals surface area contributed by atoms with Gasteiger partial charge in [0.25, 0.3) is 5.91 Å². The molecule has 2 nitrogen and oxygen atoms in total. The molecule has 0 aliphatic heterocycles. The lowest BCUT2D eigenvalue weighted by Crippen LogP contribution is -2.12. The number of anilines is 1. The van der Waals surface area contributed by atoms with E-state index in [-0.39, 0.29) is 11.7 Å². The quantitative estimate of drug-likeness (QED) is 0.876. The molecular formula is C15H14FNO. The molecule has 2 aromatic carbocycles. The van der Waals surface area contributed by atoms with Gasteiger partial charge in [-0.1, -0.05) is 19.1 Å². The smallest absolute Gasteiger partial charge is 0.255 e. The van der Waals surface area contributed by atoms with Gasteiger partial charge in [-0.15, -0.1) is 0 Å². The Balaban J connectivity index is 2.14. The van der Waals surface area contributed by atoms with E-state index < -0.39 is 0 Å². The molecule has 0 radical (unpaired) electrons. The molecule has 0 fully saturated rings. The summed E-state index contributed by atoms with van der Waals surface area (Å²) >= 11 is 0. The average Bonchev–Trinajstić information content (AvgIpc) is 2.41. The molecule has 0 spiro atoms. The van der Waals surface area contributed by atoms with E-state index >= 15 is 0 Å². The molecule has 0 saturated carbocycles. The lowest BCUT2D eigenvalue weighted by atomic mass is 10.1. The maximum absolute atomic E-state index is 12.7. The van der Waals surface area contributed by atoms with Gasteiger partial charge in [-0.3, -0.25) is 4.79 Å². The van der Waals surface area contributed by atoms with Crippen molar-refractivity contribution in [3.8, 4) is 0 Å². The number of nitrogens with one attached hydrogen (secondary N) is 1. The van der Waals surface area contributed by atoms with Gasteiger partial charge in [0.1, 0.15) is 5.82 Å². The van der Waals surface area contributed by atoms with Gasteiger partial charge in [0.15, 0.2) is 0 Å². The fourth-order valence-electron chi connectivity index (χ4n) is 1.67. The van der Waals surface area contributed by atoms with E-state index in [1.54, 1.807) is 6.07 Å². The van der Waals surface area contributed by atoms with Crippen molar-refractivity contribution in [2.45, 2.75) is 13.3 Å². The van der Waals surface area contributed by atoms with Crippen LogP contribution in [0.3, 0.4) is 0 Å². The first-order valence-electron chi connectivity index (χ1n) is 5.85. The van der Waals surface area contributed by atoms with Crippen LogP contribution in [0, 0.1) is 5.82 Å². The molecule has 92 valence electrons. The molecule has 2 rings (SSSR count). The van der Waals surface area contributed by atoms with Crippen LogP contribution in [0.5, 0.6) is 0 Å². The summed E-state index contributed by atoms with van der Waals surface area (Å²) in [6, 6.07) is 13.2. The van der Waals surface area contributed by atoms with Gasteiger partial charge in [0.2, 0.25) is 0 Å². The summed E-state index contributed by atoms with van der Waals surface area (Å²) in [5.74, 6) is -0.502. The second kappa shape index (κ2) is 5.45. The van der Waals surface area contributed by atoms with Crippen molar-refractivity contribution in [2.75, 3.05) is 5.32 Å². The van der Waals surface area contributed by atoms with Crippen molar-refractivity contribution in [1.29, 1.82) is 0 Å². The number of benzene rings is 2. The van der Waals surface area contributed by atoms with Crippen LogP contribution in [0.1, 0.15) is 22.8 Å². The summed E-state index contributed by atoms with van der Waals surface area (Å²) in [5.41, 5.74) is 2.31. The zero-order chi connectivity index (χ0) is 13.0. The first-order valence-corrected chi connectivity index (χ1v) is 5.85. The minimum Gasteiger partial charge on any atom is -0.322 e. The molecule has 3 heteroatoms. The summed E-state index contributed by atoms with van der Waals surface area (Å²) in [6.07, 6.45) is 0.887. The van der Waals surface area contributed by atoms with Crippen molar-refractivity contribution in [3.05, 3.63) is 65.5 Å². The molecule has 0 aromatic heterocycles. The van der Waals surface area contributed by atoms with E-state index in [1.165, 1.54) is 24.3 Å². The number of hydrogen-bond donors (Lipinski definition) is 1. The standard InChI is InChI=1S/C15H14FNO/c1-2-11-4-3-5-12(10-11)15(18)17-14-8-6-13(16)7-9-14/h3-10H,2H2,1H3,(H,17,18). The Morgan fingerprint density at radius 1 is 1.17 bits per heavy atom. The predicted molar refractivity (Wildman–Crippen MR) is 70.2 cm³/mol. The molecule has 0 bridgehead atoms. The first kappa shape index (κ1) is 12.3. The fourth-order valence-corrected chi connectivity index (χ4v) is 1.67. The van der Waals surface area contributed by atoms with Crippen LogP contribution in [0.25, 0.3) is 0 Å². The maximum Gasteiger partial charge on any atom is 0.255 e. The molecule has 0 unspecified atom stereocenters. The van der Waals surface area contributed by atoms with Gasteiger partial charge in [0, 0.05) is 11.3 Å². The van der Waals surface area contributed by atoms with Crippen molar-refractivity contribution >= 4 is 11.6 Å². The van der Waals surface area contributed by atoms with E-state index in [4.69, 9.17) is 0 Å². The van der Waals surface area contributed by atoms with Gasteiger partial charge in [-0.05, 0) is 48.4 Å². The highest BCUT2D eigenvalue weighted by Gasteiger charge is 2.06. The molecule has 18 heavy (non-hydrogen) atoms. The summed E-state index contributed by atoms with van der Waals surface area (Å²) in [5, 5.41) is 2.73. The Hall–Kier alpha value is -2.16. The second-order valence-corrected chi connectivity index (χ2v) is 4.01. The normalized spacial score (nSPS) is 10.1. The number of rotatable bonds is 3. The molecule has 1 N–H and O–H groups in total. The Bertz CT molecular complexity index is 549. The van der Waals surface area contributed by atoms with Crippen LogP contribution in [0.4, 0.5) is 10.1 Å². The van der Waals surface area contributed by atoms with Crippen molar-refractivity contribution in [1.82, 2.24) is 0 Å². The second-order valence-electron chi connectivity index (χ2n) is 4.01. The molecule has 0 aliphatic carbocycles. The van der Waals surface area contributed by atoms with Crippen LogP contribution < -0.4 is 5.32 Å². The van der Waals surface area contributed by atoms with Gasteiger partial charge >= 0.3 is 0 Å². The molecule has 0 aliphatic rings. The topological polar surface area (TPSA) is 29.1 Å². The predicted octanol–water partition coefficient (Wildman–Crippen LogP) is 3.64. The van der Waals surface area contributed by atoms with Gasteiger partial charge in [-0.2, -0.15) is 0 Å². The molecular weight excluding hydrogens is 229 g/mol. The largest absolute Gasteiger partial charge is 0.322 e. The third kappa shape index (κ3) is 2.94. The van der Waals surface area contributed by atoms with Gasteiger partial charge in [0.05, 0.1) is 0 Å². The first-order chi connectivity index (χ1) is 8.69. The monoisotopic (exact) mass is 243 g/mol. The van der Waals surface area contributed by atoms with E-state index in [0.29, 0.717) is 11.3 Å². The number of carbonyl (C=O) groups is 1. The molecule has 2 aromatic rings. The Morgan fingerprint density at radius 3 is 2.56 bits per heavy atom. The van der Waals surface area contributed by atoms with E-state index in [2.05, 4.69) is 5.32 Å². The SMILES string of the molecule is CCc1cccc(C(=O)Nc2ccc(F)cc2)c1. The summed E-state index contributed by atoms with van der Waals surface area (Å²) in [7, 11) is 0. The number of hydrogen-bond acceptors (Lipinski definition) is 1. The third-order valence-corrected chi connectivity index (χ3v) is 2.70. The van der Waals surface area contributed by atoms with E-state index in [1.807, 2.05) is 25.1 Å². The van der Waals surface area contributed by atoms with Crippen molar-refractivity contribution in [2.24, 2.45) is 0 Å². The lowest BCUT2D eigenvalue weighted by molar-refractivity contribution is 0.102. The fraction of sp³-hybridized carbons (Fsp3) is 0.133. The summed E-state index contributed by atoms with van der Waals surface area (Å²) in [6.45, 7) is 2.04. The maximum atomic E-state index is 12.7. The van der Waals surface area contributed by atoms with Gasteiger partial charge in [-0.25, -0.2) is 4.39 Å². The molecule has 1 amide bonds. The lowest BCUT2D eigenvalue weighted by Gasteiger charge is -2.06. The van der Waals surface area contributed by atoms with E-state index in [9.17, 15) is 9.18 Å². The van der Waals surface area contributed by atoms with Crippen LogP contribution in [-0.4, -0.2) is 5.91 Å². The molecule has 0 atom stereocenters. The number of amides is 1. The van der Waals surface area contributed by atoms with Gasteiger partial charge < -0.3 is 5.32 Å². The minimum atomic E-state index is -0.319. The van der Waals surface area contributed by atoms with Crippen LogP contribution in [0.2, 0.25) is 0 Å². The number of halogens is 1. The number of carbonyl (C=O) groups excluding carboxylic acids is 1. The molecule has 0 saturated heterocycles. The summed E-state index contributed by atoms with van der Waals surface area (Å²) < 4.78 is 12.7. The Labute approximate surface area is 105 Å². The van der Waals surface area contributed by atoms with Crippen molar-refractivity contribution < 1.29 is 9.18 Å². The zero-order valence-corrected chi connectivity index (χ0v) is 10.1. The Kier molecular flexibility index (Phi) is 3.72. The minimum absolute atomic E-state index is 0.183. The Morgan fingerprint density at radius 2 is 1.89 bits per heavy atom. The highest BCUT2D eigenvalue weighted by atomic mass is 19.1. The van der Waals surface area contributed by atoms with Crippen LogP contribution >= 0.6 is 0 Å². The molecule has 0 heterocycles. The highest BCUT2D eigenvalue weighted by Crippen LogP contribution is 2.12. The zero-order valence-electron chi connectivity index (χ0n) is 10.1. The van der Waals surface area contributed by atoms with Crippen LogP contribution in [0.15, 0.2) is 48.5 Å². The average molecular weight is 243 g/mol. The highest BCUT2D eigenvalue weighted by molar-refractivity contribution is 6.04. The van der Waals surface area contributed by atoms with Crippen LogP contribution in [-0.2, 0) is 6.42 Å². The summed E-state index contributed by atoms with van der Waals surface area (Å²) in [4.78, 5) is 12.0. The van der Waals surface area contributed by atoms with E-state index in [0.717, 1.165) is 12.0 Å².